The number of aliphatic hydroxyl groups excluding tert-OH is 21. The molecule has 0 aromatic heterocycles. The molecule has 520 valence electrons. The summed E-state index contributed by atoms with van der Waals surface area (Å²) >= 11 is 0. The van der Waals surface area contributed by atoms with Crippen molar-refractivity contribution in [3.63, 3.8) is 0 Å². The summed E-state index contributed by atoms with van der Waals surface area (Å²) in [6, 6.07) is 0. The van der Waals surface area contributed by atoms with Crippen LogP contribution in [0.3, 0.4) is 0 Å². The van der Waals surface area contributed by atoms with E-state index in [9.17, 15) is 107 Å². The molecule has 33 heteroatoms. The number of esters is 1. The molecule has 5 heterocycles. The van der Waals surface area contributed by atoms with E-state index in [2.05, 4.69) is 13.5 Å². The first-order valence-electron chi connectivity index (χ1n) is 30.8. The lowest BCUT2D eigenvalue weighted by molar-refractivity contribution is -0.400. The third kappa shape index (κ3) is 13.1. The molecule has 0 aromatic carbocycles. The van der Waals surface area contributed by atoms with Crippen LogP contribution in [0.15, 0.2) is 12.2 Å². The lowest BCUT2D eigenvalue weighted by atomic mass is 9.41. The number of rotatable bonds is 22. The third-order valence-electron chi connectivity index (χ3n) is 21.3. The molecule has 0 radical (unpaired) electrons. The van der Waals surface area contributed by atoms with Crippen molar-refractivity contribution >= 4 is 5.97 Å². The molecule has 1 spiro atoms. The Hall–Kier alpha value is -2.03. The lowest BCUT2D eigenvalue weighted by Crippen LogP contribution is -2.68. The molecule has 4 aliphatic carbocycles. The van der Waals surface area contributed by atoms with Crippen molar-refractivity contribution in [3.8, 4) is 0 Å². The molecule has 9 rings (SSSR count). The summed E-state index contributed by atoms with van der Waals surface area (Å²) in [5.41, 5.74) is -3.20. The van der Waals surface area contributed by atoms with Crippen LogP contribution in [-0.4, -0.2) is 342 Å². The lowest BCUT2D eigenvalue weighted by Gasteiger charge is -2.64. The zero-order chi connectivity index (χ0) is 66.0. The minimum Gasteiger partial charge on any atom is -0.459 e. The predicted molar refractivity (Wildman–Crippen MR) is 291 cm³/mol. The molecule has 4 saturated carbocycles. The zero-order valence-corrected chi connectivity index (χ0v) is 50.1. The Balaban J connectivity index is 0.991. The van der Waals surface area contributed by atoms with Gasteiger partial charge in [-0.3, -0.25) is 4.79 Å². The van der Waals surface area contributed by atoms with Gasteiger partial charge >= 0.3 is 5.97 Å². The first-order chi connectivity index (χ1) is 42.4. The van der Waals surface area contributed by atoms with E-state index in [1.165, 1.54) is 6.92 Å². The number of ether oxygens (including phenoxy) is 11. The van der Waals surface area contributed by atoms with Crippen molar-refractivity contribution in [2.45, 2.75) is 268 Å². The fourth-order valence-electron chi connectivity index (χ4n) is 16.3. The Kier molecular flexibility index (Phi) is 22.9. The zero-order valence-electron chi connectivity index (χ0n) is 50.1. The van der Waals surface area contributed by atoms with Crippen LogP contribution in [0.25, 0.3) is 0 Å². The number of carbonyl (C=O) groups is 1. The van der Waals surface area contributed by atoms with E-state index in [0.717, 1.165) is 0 Å². The van der Waals surface area contributed by atoms with Gasteiger partial charge in [-0.05, 0) is 93.5 Å². The van der Waals surface area contributed by atoms with Crippen LogP contribution in [0, 0.1) is 28.1 Å². The van der Waals surface area contributed by atoms with Crippen LogP contribution in [0.2, 0.25) is 0 Å². The van der Waals surface area contributed by atoms with Crippen LogP contribution in [0.4, 0.5) is 0 Å². The second-order valence-electron chi connectivity index (χ2n) is 26.6. The molecule has 33 nitrogen and oxygen atoms in total. The van der Waals surface area contributed by atoms with Crippen molar-refractivity contribution in [3.05, 3.63) is 12.2 Å². The van der Waals surface area contributed by atoms with Crippen molar-refractivity contribution in [1.29, 1.82) is 0 Å². The van der Waals surface area contributed by atoms with Crippen LogP contribution in [0.5, 0.6) is 0 Å². The van der Waals surface area contributed by atoms with Gasteiger partial charge in [0.1, 0.15) is 153 Å². The molecular weight excluding hydrogens is 1210 g/mol. The van der Waals surface area contributed by atoms with E-state index in [1.54, 1.807) is 6.92 Å². The Labute approximate surface area is 517 Å². The molecule has 90 heavy (non-hydrogen) atoms. The molecule has 2 bridgehead atoms. The van der Waals surface area contributed by atoms with Crippen molar-refractivity contribution in [1.82, 2.24) is 0 Å². The van der Waals surface area contributed by atoms with Gasteiger partial charge in [-0.2, -0.15) is 0 Å². The highest BCUT2D eigenvalue weighted by Gasteiger charge is 2.70. The third-order valence-corrected chi connectivity index (χ3v) is 21.3. The maximum absolute atomic E-state index is 15.3. The van der Waals surface area contributed by atoms with Crippen LogP contribution < -0.4 is 0 Å². The molecule has 5 saturated heterocycles. The van der Waals surface area contributed by atoms with Crippen LogP contribution in [0.1, 0.15) is 78.6 Å². The van der Waals surface area contributed by atoms with E-state index in [0.29, 0.717) is 44.1 Å². The fraction of sp³-hybridized carbons (Fsp3) is 0.947. The summed E-state index contributed by atoms with van der Waals surface area (Å²) in [6.45, 7) is 4.07. The molecule has 31 unspecified atom stereocenters. The van der Waals surface area contributed by atoms with Crippen LogP contribution in [-0.2, 0) is 56.9 Å². The van der Waals surface area contributed by atoms with Gasteiger partial charge in [0.2, 0.25) is 0 Å². The smallest absolute Gasteiger partial charge is 0.312 e. The SMILES string of the molecule is C=C1C[C@@]23CCC4[C@](C)(C(=O)OC(C)C(OC5OC(CO)C(O)C(O)C5O)C(OC5OC(CO)C(O)C(O)C5O)C(O)C(O)CO)CCC[C@@]4(C)[C@@H]2CC[C@]1(OC1OC(CO)C(O)C(OC2OC(CO)C(O)C(O)C2O)C1OC1OC(CO)C(O)C(O)C1O)C3. The second kappa shape index (κ2) is 28.6. The number of aliphatic hydroxyl groups is 21. The van der Waals surface area contributed by atoms with Gasteiger partial charge in [-0.25, -0.2) is 0 Å². The fourth-order valence-corrected chi connectivity index (χ4v) is 16.3. The maximum atomic E-state index is 15.3. The standard InChI is InChI=1S/C57H94O33/c1-20-12-56-10-6-28-54(3,8-5-9-55(28,4)53(79)80-21(2)44(86-48-40(75)36(71)31(66)23(14-59)81-48)45(30(65)22(64)13-58)87-49-41(76)37(72)32(67)24(15-60)82-49)29(56)7-11-57(20,19-56)90-52-47(89-51-43(78)39(74)34(69)26(17-62)84-51)46(35(70)27(18-63)85-52)88-50-42(77)38(73)33(68)25(16-61)83-50/h21-52,58-78H,1,5-19H2,2-4H3/t21?,22?,23?,24?,25?,26?,27?,28?,29-,30?,31?,32?,33?,34?,35?,36?,37?,38?,39?,40?,41?,42?,43?,44?,45?,46?,47?,48?,49?,50?,51?,52?,54+,55+,56+,57-/m0/s1. The van der Waals surface area contributed by atoms with Crippen molar-refractivity contribution in [2.24, 2.45) is 28.1 Å². The summed E-state index contributed by atoms with van der Waals surface area (Å²) in [6.07, 6.45) is -53.0. The second-order valence-corrected chi connectivity index (χ2v) is 26.6. The first kappa shape index (κ1) is 72.2. The minimum absolute atomic E-state index is 0.152. The molecule has 0 amide bonds. The van der Waals surface area contributed by atoms with Crippen LogP contribution >= 0.6 is 0 Å². The van der Waals surface area contributed by atoms with E-state index >= 15 is 4.79 Å². The average Bonchev–Trinajstić information content (AvgIpc) is 1.35. The quantitative estimate of drug-likeness (QED) is 0.0272. The summed E-state index contributed by atoms with van der Waals surface area (Å²) < 4.78 is 66.8. The Morgan fingerprint density at radius 1 is 0.522 bits per heavy atom. The Morgan fingerprint density at radius 2 is 0.944 bits per heavy atom. The van der Waals surface area contributed by atoms with Gasteiger partial charge in [-0.15, -0.1) is 0 Å². The maximum Gasteiger partial charge on any atom is 0.312 e. The summed E-state index contributed by atoms with van der Waals surface area (Å²) in [7, 11) is 0. The van der Waals surface area contributed by atoms with Crippen molar-refractivity contribution in [2.75, 3.05) is 39.6 Å². The molecule has 9 aliphatic rings. The van der Waals surface area contributed by atoms with E-state index < -0.39 is 257 Å². The summed E-state index contributed by atoms with van der Waals surface area (Å²) in [5.74, 6) is -1.37. The number of carbonyl (C=O) groups excluding carboxylic acids is 1. The predicted octanol–water partition coefficient (Wildman–Crippen LogP) is -9.44. The van der Waals surface area contributed by atoms with Gasteiger partial charge in [0.25, 0.3) is 0 Å². The molecule has 5 aliphatic heterocycles. The first-order valence-corrected chi connectivity index (χ1v) is 30.8. The highest BCUT2D eigenvalue weighted by atomic mass is 16.8. The summed E-state index contributed by atoms with van der Waals surface area (Å²) in [4.78, 5) is 15.3. The highest BCUT2D eigenvalue weighted by molar-refractivity contribution is 5.77. The van der Waals surface area contributed by atoms with Gasteiger partial charge in [0, 0.05) is 0 Å². The van der Waals surface area contributed by atoms with E-state index in [-0.39, 0.29) is 25.2 Å². The normalized spacial score (nSPS) is 50.7. The highest BCUT2D eigenvalue weighted by Crippen LogP contribution is 2.74. The number of fused-ring (bicyclic) bond motifs is 3. The average molecular weight is 1310 g/mol. The molecule has 9 fully saturated rings. The Morgan fingerprint density at radius 3 is 1.42 bits per heavy atom. The van der Waals surface area contributed by atoms with E-state index in [4.69, 9.17) is 52.1 Å². The monoisotopic (exact) mass is 1310 g/mol. The molecule has 21 N–H and O–H groups in total. The van der Waals surface area contributed by atoms with Crippen molar-refractivity contribution < 1.29 is 164 Å². The molecular formula is C57H94O33. The number of hydrogen-bond donors (Lipinski definition) is 21. The molecule has 36 atom stereocenters. The van der Waals surface area contributed by atoms with Gasteiger partial charge < -0.3 is 159 Å². The van der Waals surface area contributed by atoms with Gasteiger partial charge in [0.15, 0.2) is 31.5 Å². The molecule has 0 aromatic rings. The summed E-state index contributed by atoms with van der Waals surface area (Å²) in [5, 5.41) is 225. The minimum atomic E-state index is -2.27. The Bertz CT molecular complexity index is 2380. The topological polar surface area (TPSA) is 543 Å². The number of hydrogen-bond acceptors (Lipinski definition) is 33. The largest absolute Gasteiger partial charge is 0.459 e. The van der Waals surface area contributed by atoms with Gasteiger partial charge in [-0.1, -0.05) is 19.9 Å². The van der Waals surface area contributed by atoms with E-state index in [1.807, 2.05) is 0 Å². The van der Waals surface area contributed by atoms with Gasteiger partial charge in [0.05, 0.1) is 50.7 Å².